The van der Waals surface area contributed by atoms with Gasteiger partial charge in [0.2, 0.25) is 5.91 Å². The highest BCUT2D eigenvalue weighted by molar-refractivity contribution is 5.83. The Bertz CT molecular complexity index is 697. The van der Waals surface area contributed by atoms with Gasteiger partial charge < -0.3 is 14.4 Å². The molecule has 4 rings (SSSR count). The van der Waals surface area contributed by atoms with Crippen LogP contribution in [0.4, 0.5) is 0 Å². The van der Waals surface area contributed by atoms with Gasteiger partial charge in [-0.15, -0.1) is 0 Å². The van der Waals surface area contributed by atoms with E-state index in [9.17, 15) is 4.79 Å². The van der Waals surface area contributed by atoms with Gasteiger partial charge in [0.15, 0.2) is 0 Å². The van der Waals surface area contributed by atoms with E-state index < -0.39 is 0 Å². The molecular weight excluding hydrogens is 326 g/mol. The van der Waals surface area contributed by atoms with E-state index in [4.69, 9.17) is 9.47 Å². The molecule has 2 aliphatic carbocycles. The summed E-state index contributed by atoms with van der Waals surface area (Å²) < 4.78 is 11.0. The molecule has 4 nitrogen and oxygen atoms in total. The molecule has 0 aromatic heterocycles. The molecule has 3 aliphatic rings. The molecule has 0 spiro atoms. The Hall–Kier alpha value is -1.55. The second-order valence-electron chi connectivity index (χ2n) is 8.71. The average molecular weight is 357 g/mol. The summed E-state index contributed by atoms with van der Waals surface area (Å²) in [5.74, 6) is 1.67. The number of carbonyl (C=O) groups excluding carboxylic acids is 1. The minimum absolute atomic E-state index is 0.0526. The Morgan fingerprint density at radius 3 is 2.73 bits per heavy atom. The largest absolute Gasteiger partial charge is 0.497 e. The second-order valence-corrected chi connectivity index (χ2v) is 8.71. The number of carbonyl (C=O) groups is 1. The van der Waals surface area contributed by atoms with Gasteiger partial charge in [-0.25, -0.2) is 0 Å². The molecule has 1 saturated carbocycles. The Labute approximate surface area is 156 Å². The molecule has 26 heavy (non-hydrogen) atoms. The van der Waals surface area contributed by atoms with E-state index in [1.807, 2.05) is 0 Å². The normalized spacial score (nSPS) is 34.0. The van der Waals surface area contributed by atoms with E-state index in [1.165, 1.54) is 11.1 Å². The van der Waals surface area contributed by atoms with Gasteiger partial charge in [0.25, 0.3) is 0 Å². The van der Waals surface area contributed by atoms with E-state index >= 15 is 0 Å². The van der Waals surface area contributed by atoms with E-state index in [-0.39, 0.29) is 10.8 Å². The first-order valence-electron chi connectivity index (χ1n) is 10.0. The zero-order chi connectivity index (χ0) is 18.4. The molecule has 142 valence electrons. The molecule has 1 heterocycles. The lowest BCUT2D eigenvalue weighted by molar-refractivity contribution is -0.154. The van der Waals surface area contributed by atoms with E-state index in [0.29, 0.717) is 25.0 Å². The Morgan fingerprint density at radius 2 is 2.00 bits per heavy atom. The molecule has 1 saturated heterocycles. The molecule has 1 amide bonds. The minimum atomic E-state index is -0.273. The standard InChI is InChI=1S/C22H31NO3/c1-21-9-4-10-22(2,20(24)23-11-13-26-14-12-23)19(21)8-6-16-5-7-17(25-3)15-18(16)21/h5,7,15,19H,4,6,8-14H2,1-3H3/t19-,21-,22+/m0/s1. The van der Waals surface area contributed by atoms with Gasteiger partial charge in [-0.2, -0.15) is 0 Å². The van der Waals surface area contributed by atoms with Crippen LogP contribution in [0, 0.1) is 11.3 Å². The number of nitrogens with zero attached hydrogens (tertiary/aromatic N) is 1. The number of rotatable bonds is 2. The van der Waals surface area contributed by atoms with E-state index in [0.717, 1.165) is 50.9 Å². The maximum absolute atomic E-state index is 13.6. The number of hydrogen-bond donors (Lipinski definition) is 0. The molecule has 0 N–H and O–H groups in total. The summed E-state index contributed by atoms with van der Waals surface area (Å²) in [6.45, 7) is 7.44. The number of fused-ring (bicyclic) bond motifs is 3. The second kappa shape index (κ2) is 6.56. The Kier molecular flexibility index (Phi) is 4.50. The number of methoxy groups -OCH3 is 1. The fourth-order valence-corrected chi connectivity index (χ4v) is 5.95. The van der Waals surface area contributed by atoms with Crippen molar-refractivity contribution < 1.29 is 14.3 Å². The summed E-state index contributed by atoms with van der Waals surface area (Å²) in [5.41, 5.74) is 2.63. The maximum Gasteiger partial charge on any atom is 0.228 e. The number of amides is 1. The first kappa shape index (κ1) is 17.8. The zero-order valence-electron chi connectivity index (χ0n) is 16.3. The number of aryl methyl sites for hydroxylation is 1. The minimum Gasteiger partial charge on any atom is -0.497 e. The number of ether oxygens (including phenoxy) is 2. The average Bonchev–Trinajstić information content (AvgIpc) is 2.67. The lowest BCUT2D eigenvalue weighted by Gasteiger charge is -2.55. The predicted octanol–water partition coefficient (Wildman–Crippen LogP) is 3.56. The van der Waals surface area contributed by atoms with Crippen LogP contribution in [-0.2, 0) is 21.4 Å². The molecule has 1 aromatic carbocycles. The molecule has 0 radical (unpaired) electrons. The first-order valence-corrected chi connectivity index (χ1v) is 10.0. The van der Waals surface area contributed by atoms with Crippen LogP contribution in [0.25, 0.3) is 0 Å². The summed E-state index contributed by atoms with van der Waals surface area (Å²) in [5, 5.41) is 0. The topological polar surface area (TPSA) is 38.8 Å². The zero-order valence-corrected chi connectivity index (χ0v) is 16.3. The van der Waals surface area contributed by atoms with Crippen molar-refractivity contribution in [2.45, 2.75) is 51.4 Å². The van der Waals surface area contributed by atoms with Crippen molar-refractivity contribution >= 4 is 5.91 Å². The molecule has 0 unspecified atom stereocenters. The fourth-order valence-electron chi connectivity index (χ4n) is 5.95. The van der Waals surface area contributed by atoms with Gasteiger partial charge in [0.1, 0.15) is 5.75 Å². The lowest BCUT2D eigenvalue weighted by atomic mass is 9.49. The van der Waals surface area contributed by atoms with Gasteiger partial charge in [-0.3, -0.25) is 4.79 Å². The quantitative estimate of drug-likeness (QED) is 0.812. The highest BCUT2D eigenvalue weighted by atomic mass is 16.5. The van der Waals surface area contributed by atoms with Crippen LogP contribution in [0.15, 0.2) is 18.2 Å². The number of morpholine rings is 1. The van der Waals surface area contributed by atoms with Crippen LogP contribution in [0.5, 0.6) is 5.75 Å². The van der Waals surface area contributed by atoms with Crippen LogP contribution < -0.4 is 4.74 Å². The molecule has 0 bridgehead atoms. The van der Waals surface area contributed by atoms with Gasteiger partial charge in [0.05, 0.1) is 25.7 Å². The Balaban J connectivity index is 1.71. The maximum atomic E-state index is 13.6. The summed E-state index contributed by atoms with van der Waals surface area (Å²) in [6, 6.07) is 6.53. The van der Waals surface area contributed by atoms with Crippen molar-refractivity contribution in [3.63, 3.8) is 0 Å². The molecule has 3 atom stereocenters. The van der Waals surface area contributed by atoms with Crippen molar-refractivity contribution in [1.29, 1.82) is 0 Å². The lowest BCUT2D eigenvalue weighted by Crippen LogP contribution is -2.57. The van der Waals surface area contributed by atoms with Crippen molar-refractivity contribution in [3.05, 3.63) is 29.3 Å². The number of hydrogen-bond acceptors (Lipinski definition) is 3. The fraction of sp³-hybridized carbons (Fsp3) is 0.682. The summed E-state index contributed by atoms with van der Waals surface area (Å²) in [6.07, 6.45) is 5.43. The smallest absolute Gasteiger partial charge is 0.228 e. The van der Waals surface area contributed by atoms with Crippen molar-refractivity contribution in [1.82, 2.24) is 4.90 Å². The van der Waals surface area contributed by atoms with Crippen LogP contribution in [-0.4, -0.2) is 44.2 Å². The first-order chi connectivity index (χ1) is 12.5. The van der Waals surface area contributed by atoms with Crippen molar-refractivity contribution in [3.8, 4) is 5.75 Å². The third-order valence-electron chi connectivity index (χ3n) is 7.35. The molecule has 2 fully saturated rings. The van der Waals surface area contributed by atoms with Crippen molar-refractivity contribution in [2.75, 3.05) is 33.4 Å². The highest BCUT2D eigenvalue weighted by Gasteiger charge is 2.55. The third kappa shape index (κ3) is 2.65. The SMILES string of the molecule is COc1ccc2c(c1)[C@]1(C)CCC[C@@](C)(C(=O)N3CCOCC3)[C@H]1CC2. The van der Waals surface area contributed by atoms with Crippen molar-refractivity contribution in [2.24, 2.45) is 11.3 Å². The van der Waals surface area contributed by atoms with Crippen LogP contribution in [0.3, 0.4) is 0 Å². The molecule has 1 aliphatic heterocycles. The molecule has 1 aromatic rings. The van der Waals surface area contributed by atoms with Crippen LogP contribution >= 0.6 is 0 Å². The van der Waals surface area contributed by atoms with Gasteiger partial charge >= 0.3 is 0 Å². The van der Waals surface area contributed by atoms with Gasteiger partial charge in [-0.1, -0.05) is 26.3 Å². The summed E-state index contributed by atoms with van der Waals surface area (Å²) in [4.78, 5) is 15.6. The Morgan fingerprint density at radius 1 is 1.23 bits per heavy atom. The third-order valence-corrected chi connectivity index (χ3v) is 7.35. The van der Waals surface area contributed by atoms with E-state index in [2.05, 4.69) is 36.9 Å². The summed E-state index contributed by atoms with van der Waals surface area (Å²) >= 11 is 0. The van der Waals surface area contributed by atoms with Crippen LogP contribution in [0.1, 0.15) is 50.7 Å². The highest BCUT2D eigenvalue weighted by Crippen LogP contribution is 2.58. The predicted molar refractivity (Wildman–Crippen MR) is 102 cm³/mol. The van der Waals surface area contributed by atoms with Gasteiger partial charge in [-0.05, 0) is 60.3 Å². The van der Waals surface area contributed by atoms with Gasteiger partial charge in [0, 0.05) is 13.1 Å². The molecular formula is C22H31NO3. The summed E-state index contributed by atoms with van der Waals surface area (Å²) in [7, 11) is 1.73. The van der Waals surface area contributed by atoms with E-state index in [1.54, 1.807) is 7.11 Å². The van der Waals surface area contributed by atoms with Crippen LogP contribution in [0.2, 0.25) is 0 Å². The molecule has 4 heteroatoms. The monoisotopic (exact) mass is 357 g/mol. The number of benzene rings is 1.